The second kappa shape index (κ2) is 10.8. The highest BCUT2D eigenvalue weighted by Crippen LogP contribution is 2.23. The lowest BCUT2D eigenvalue weighted by Gasteiger charge is -2.08. The zero-order chi connectivity index (χ0) is 19.5. The zero-order valence-corrected chi connectivity index (χ0v) is 15.2. The Morgan fingerprint density at radius 2 is 1.41 bits per heavy atom. The van der Waals surface area contributed by atoms with Gasteiger partial charge in [-0.3, -0.25) is 0 Å². The van der Waals surface area contributed by atoms with Gasteiger partial charge in [0.05, 0.1) is 18.8 Å². The number of carbonyl (C=O) groups excluding carboxylic acids is 1. The molecule has 0 radical (unpaired) electrons. The van der Waals surface area contributed by atoms with E-state index in [2.05, 4.69) is 6.58 Å². The average Bonchev–Trinajstić information content (AvgIpc) is 2.70. The van der Waals surface area contributed by atoms with Gasteiger partial charge in [0.2, 0.25) is 0 Å². The molecule has 0 heterocycles. The van der Waals surface area contributed by atoms with Crippen molar-refractivity contribution in [1.29, 1.82) is 0 Å². The van der Waals surface area contributed by atoms with Crippen LogP contribution in [0.1, 0.15) is 36.0 Å². The molecular weight excluding hydrogens is 344 g/mol. The summed E-state index contributed by atoms with van der Waals surface area (Å²) in [6.07, 6.45) is 4.95. The van der Waals surface area contributed by atoms with Gasteiger partial charge in [-0.25, -0.2) is 9.59 Å². The predicted molar refractivity (Wildman–Crippen MR) is 104 cm³/mol. The van der Waals surface area contributed by atoms with Crippen molar-refractivity contribution in [3.05, 3.63) is 66.7 Å². The van der Waals surface area contributed by atoms with E-state index in [1.165, 1.54) is 6.08 Å². The second-order valence-corrected chi connectivity index (χ2v) is 6.04. The Bertz CT molecular complexity index is 747. The molecule has 0 atom stereocenters. The molecule has 0 aliphatic rings. The number of hydrogen-bond acceptors (Lipinski definition) is 4. The average molecular weight is 368 g/mol. The molecule has 2 aromatic rings. The minimum atomic E-state index is -0.928. The van der Waals surface area contributed by atoms with Crippen LogP contribution in [0.2, 0.25) is 0 Å². The van der Waals surface area contributed by atoms with E-state index in [9.17, 15) is 9.59 Å². The monoisotopic (exact) mass is 368 g/mol. The number of rotatable bonds is 11. The van der Waals surface area contributed by atoms with Crippen molar-refractivity contribution in [2.45, 2.75) is 25.7 Å². The third-order valence-electron chi connectivity index (χ3n) is 4.04. The molecule has 0 unspecified atom stereocenters. The molecule has 0 aliphatic carbocycles. The maximum absolute atomic E-state index is 10.9. The van der Waals surface area contributed by atoms with Gasteiger partial charge >= 0.3 is 11.9 Å². The molecule has 0 amide bonds. The predicted octanol–water partition coefficient (Wildman–Crippen LogP) is 4.72. The minimum absolute atomic E-state index is 0.276. The first-order valence-corrected chi connectivity index (χ1v) is 8.96. The van der Waals surface area contributed by atoms with E-state index in [4.69, 9.17) is 14.6 Å². The van der Waals surface area contributed by atoms with Gasteiger partial charge in [0.1, 0.15) is 5.75 Å². The topological polar surface area (TPSA) is 72.8 Å². The quantitative estimate of drug-likeness (QED) is 0.353. The molecule has 2 aromatic carbocycles. The Morgan fingerprint density at radius 3 is 1.96 bits per heavy atom. The number of hydrogen-bond donors (Lipinski definition) is 1. The number of unbranched alkanes of at least 4 members (excludes halogenated alkanes) is 3. The summed E-state index contributed by atoms with van der Waals surface area (Å²) in [5.41, 5.74) is 2.25. The van der Waals surface area contributed by atoms with E-state index in [0.29, 0.717) is 13.2 Å². The van der Waals surface area contributed by atoms with Crippen molar-refractivity contribution < 1.29 is 24.2 Å². The molecule has 2 rings (SSSR count). The highest BCUT2D eigenvalue weighted by atomic mass is 16.5. The van der Waals surface area contributed by atoms with Crippen LogP contribution in [0.4, 0.5) is 0 Å². The lowest BCUT2D eigenvalue weighted by molar-refractivity contribution is -0.137. The summed E-state index contributed by atoms with van der Waals surface area (Å²) >= 11 is 0. The minimum Gasteiger partial charge on any atom is -0.494 e. The normalized spacial score (nSPS) is 10.2. The third kappa shape index (κ3) is 6.98. The molecule has 27 heavy (non-hydrogen) atoms. The molecule has 0 aromatic heterocycles. The van der Waals surface area contributed by atoms with Crippen LogP contribution >= 0.6 is 0 Å². The van der Waals surface area contributed by atoms with Gasteiger partial charge < -0.3 is 14.6 Å². The highest BCUT2D eigenvalue weighted by molar-refractivity contribution is 5.88. The molecule has 0 saturated carbocycles. The van der Waals surface area contributed by atoms with Crippen LogP contribution in [0.5, 0.6) is 5.75 Å². The summed E-state index contributed by atoms with van der Waals surface area (Å²) in [5, 5.41) is 8.94. The fourth-order valence-corrected chi connectivity index (χ4v) is 2.53. The highest BCUT2D eigenvalue weighted by Gasteiger charge is 2.03. The maximum Gasteiger partial charge on any atom is 0.335 e. The number of aromatic carboxylic acids is 1. The Balaban J connectivity index is 1.67. The number of carboxylic acids is 1. The molecule has 0 fully saturated rings. The van der Waals surface area contributed by atoms with Crippen molar-refractivity contribution in [1.82, 2.24) is 0 Å². The molecule has 0 spiro atoms. The van der Waals surface area contributed by atoms with Crippen LogP contribution in [0.15, 0.2) is 61.2 Å². The van der Waals surface area contributed by atoms with Gasteiger partial charge in [-0.1, -0.05) is 30.8 Å². The summed E-state index contributed by atoms with van der Waals surface area (Å²) in [7, 11) is 0. The van der Waals surface area contributed by atoms with E-state index in [0.717, 1.165) is 42.6 Å². The summed E-state index contributed by atoms with van der Waals surface area (Å²) in [6, 6.07) is 14.5. The van der Waals surface area contributed by atoms with Crippen LogP contribution in [-0.2, 0) is 9.53 Å². The van der Waals surface area contributed by atoms with Crippen molar-refractivity contribution in [3.63, 3.8) is 0 Å². The molecule has 142 valence electrons. The maximum atomic E-state index is 10.9. The Hall–Kier alpha value is -3.08. The Labute approximate surface area is 159 Å². The van der Waals surface area contributed by atoms with Crippen molar-refractivity contribution in [3.8, 4) is 16.9 Å². The first kappa shape index (κ1) is 20.2. The third-order valence-corrected chi connectivity index (χ3v) is 4.04. The molecule has 0 aliphatic heterocycles. The fraction of sp³-hybridized carbons (Fsp3) is 0.273. The van der Waals surface area contributed by atoms with E-state index >= 15 is 0 Å². The van der Waals surface area contributed by atoms with Crippen LogP contribution in [0, 0.1) is 0 Å². The first-order valence-electron chi connectivity index (χ1n) is 8.96. The van der Waals surface area contributed by atoms with Crippen LogP contribution in [0.3, 0.4) is 0 Å². The molecular formula is C22H24O5. The summed E-state index contributed by atoms with van der Waals surface area (Å²) in [5.74, 6) is -0.497. The number of esters is 1. The van der Waals surface area contributed by atoms with Gasteiger partial charge in [-0.2, -0.15) is 0 Å². The fourth-order valence-electron chi connectivity index (χ4n) is 2.53. The number of ether oxygens (including phenoxy) is 2. The van der Waals surface area contributed by atoms with E-state index in [-0.39, 0.29) is 11.5 Å². The molecule has 1 N–H and O–H groups in total. The lowest BCUT2D eigenvalue weighted by atomic mass is 10.0. The number of carboxylic acid groups (broad SMARTS) is 1. The van der Waals surface area contributed by atoms with Crippen molar-refractivity contribution >= 4 is 11.9 Å². The smallest absolute Gasteiger partial charge is 0.335 e. The van der Waals surface area contributed by atoms with E-state index in [1.807, 2.05) is 24.3 Å². The summed E-state index contributed by atoms with van der Waals surface area (Å²) < 4.78 is 10.6. The standard InChI is InChI=1S/C22H24O5/c1-2-21(23)27-16-6-4-3-5-15-26-20-13-11-18(12-14-20)17-7-9-19(10-8-17)22(24)25/h2,7-14H,1,3-6,15-16H2,(H,24,25). The van der Waals surface area contributed by atoms with Gasteiger partial charge in [0.25, 0.3) is 0 Å². The van der Waals surface area contributed by atoms with Gasteiger partial charge in [0.15, 0.2) is 0 Å². The van der Waals surface area contributed by atoms with Gasteiger partial charge in [-0.15, -0.1) is 0 Å². The largest absolute Gasteiger partial charge is 0.494 e. The first-order chi connectivity index (χ1) is 13.1. The zero-order valence-electron chi connectivity index (χ0n) is 15.2. The van der Waals surface area contributed by atoms with Crippen LogP contribution in [0.25, 0.3) is 11.1 Å². The summed E-state index contributed by atoms with van der Waals surface area (Å²) in [6.45, 7) is 4.42. The molecule has 0 bridgehead atoms. The molecule has 0 saturated heterocycles. The van der Waals surface area contributed by atoms with Crippen LogP contribution < -0.4 is 4.74 Å². The van der Waals surface area contributed by atoms with Crippen LogP contribution in [-0.4, -0.2) is 30.3 Å². The van der Waals surface area contributed by atoms with E-state index < -0.39 is 5.97 Å². The second-order valence-electron chi connectivity index (χ2n) is 6.04. The van der Waals surface area contributed by atoms with Crippen molar-refractivity contribution in [2.24, 2.45) is 0 Å². The molecule has 5 heteroatoms. The number of carbonyl (C=O) groups is 2. The van der Waals surface area contributed by atoms with E-state index in [1.54, 1.807) is 24.3 Å². The SMILES string of the molecule is C=CC(=O)OCCCCCCOc1ccc(-c2ccc(C(=O)O)cc2)cc1. The Kier molecular flexibility index (Phi) is 8.10. The Morgan fingerprint density at radius 1 is 0.852 bits per heavy atom. The molecule has 5 nitrogen and oxygen atoms in total. The lowest BCUT2D eigenvalue weighted by Crippen LogP contribution is -2.02. The summed E-state index contributed by atoms with van der Waals surface area (Å²) in [4.78, 5) is 21.8. The van der Waals surface area contributed by atoms with Gasteiger partial charge in [0, 0.05) is 6.08 Å². The van der Waals surface area contributed by atoms with Gasteiger partial charge in [-0.05, 0) is 61.1 Å². The number of benzene rings is 2. The van der Waals surface area contributed by atoms with Crippen molar-refractivity contribution in [2.75, 3.05) is 13.2 Å².